The molecular formula is C22H26N4O10P2. The number of fused-ring (bicyclic) bond motifs is 1. The van der Waals surface area contributed by atoms with Crippen molar-refractivity contribution in [3.63, 3.8) is 0 Å². The first-order chi connectivity index (χ1) is 18.0. The summed E-state index contributed by atoms with van der Waals surface area (Å²) in [6.07, 6.45) is -0.563. The van der Waals surface area contributed by atoms with Gasteiger partial charge in [0.25, 0.3) is 5.69 Å². The monoisotopic (exact) mass is 568 g/mol. The van der Waals surface area contributed by atoms with Crippen molar-refractivity contribution < 1.29 is 42.1 Å². The van der Waals surface area contributed by atoms with E-state index in [-0.39, 0.29) is 25.6 Å². The number of ether oxygens (including phenoxy) is 1. The third kappa shape index (κ3) is 8.22. The number of anilines is 1. The minimum atomic E-state index is -4.19. The number of rotatable bonds is 14. The highest BCUT2D eigenvalue weighted by Crippen LogP contribution is 2.42. The van der Waals surface area contributed by atoms with Crippen LogP contribution >= 0.6 is 15.4 Å². The summed E-state index contributed by atoms with van der Waals surface area (Å²) in [5, 5.41) is 20.8. The highest BCUT2D eigenvalue weighted by Gasteiger charge is 2.21. The van der Waals surface area contributed by atoms with E-state index >= 15 is 0 Å². The molecule has 0 saturated heterocycles. The summed E-state index contributed by atoms with van der Waals surface area (Å²) < 4.78 is 42.3. The fraction of sp³-hybridized carbons (Fsp3) is 0.273. The molecule has 0 aliphatic carbocycles. The molecule has 0 fully saturated rings. The van der Waals surface area contributed by atoms with Crippen LogP contribution < -0.4 is 4.90 Å². The van der Waals surface area contributed by atoms with Crippen LogP contribution in [0.25, 0.3) is 10.8 Å². The molecule has 0 spiro atoms. The van der Waals surface area contributed by atoms with E-state index in [4.69, 9.17) is 9.26 Å². The molecule has 0 saturated carbocycles. The van der Waals surface area contributed by atoms with Crippen molar-refractivity contribution in [2.24, 2.45) is 10.2 Å². The maximum atomic E-state index is 11.7. The van der Waals surface area contributed by atoms with Gasteiger partial charge in [0.05, 0.1) is 28.3 Å². The van der Waals surface area contributed by atoms with Crippen LogP contribution in [0.2, 0.25) is 0 Å². The Morgan fingerprint density at radius 1 is 0.947 bits per heavy atom. The molecule has 2 atom stereocenters. The summed E-state index contributed by atoms with van der Waals surface area (Å²) in [5.74, 6) is 0. The van der Waals surface area contributed by atoms with Gasteiger partial charge in [-0.05, 0) is 36.4 Å². The average molecular weight is 568 g/mol. The van der Waals surface area contributed by atoms with Crippen LogP contribution in [0.5, 0.6) is 0 Å². The molecule has 0 bridgehead atoms. The van der Waals surface area contributed by atoms with Crippen molar-refractivity contribution >= 4 is 48.9 Å². The van der Waals surface area contributed by atoms with Crippen LogP contribution in [-0.2, 0) is 27.4 Å². The lowest BCUT2D eigenvalue weighted by Gasteiger charge is -2.25. The molecule has 0 aliphatic heterocycles. The van der Waals surface area contributed by atoms with Crippen molar-refractivity contribution in [1.82, 2.24) is 0 Å². The first-order valence-corrected chi connectivity index (χ1v) is 14.2. The van der Waals surface area contributed by atoms with Gasteiger partial charge < -0.3 is 23.9 Å². The van der Waals surface area contributed by atoms with Gasteiger partial charge in [0.15, 0.2) is 6.35 Å². The van der Waals surface area contributed by atoms with E-state index in [2.05, 4.69) is 19.3 Å². The van der Waals surface area contributed by atoms with Crippen LogP contribution in [0, 0.1) is 10.1 Å². The van der Waals surface area contributed by atoms with Crippen molar-refractivity contribution in [3.05, 3.63) is 70.8 Å². The van der Waals surface area contributed by atoms with Crippen molar-refractivity contribution in [3.8, 4) is 0 Å². The third-order valence-electron chi connectivity index (χ3n) is 5.20. The Bertz CT molecular complexity index is 1360. The van der Waals surface area contributed by atoms with E-state index in [1.165, 1.54) is 12.1 Å². The molecule has 14 nitrogen and oxygen atoms in total. The lowest BCUT2D eigenvalue weighted by atomic mass is 10.1. The van der Waals surface area contributed by atoms with E-state index in [9.17, 15) is 29.0 Å². The van der Waals surface area contributed by atoms with Gasteiger partial charge in [-0.3, -0.25) is 23.7 Å². The number of hydrogen-bond acceptors (Lipinski definition) is 11. The zero-order chi connectivity index (χ0) is 27.8. The van der Waals surface area contributed by atoms with E-state index in [1.807, 2.05) is 0 Å². The highest BCUT2D eigenvalue weighted by atomic mass is 31.2. The Kier molecular flexibility index (Phi) is 10.2. The summed E-state index contributed by atoms with van der Waals surface area (Å²) >= 11 is 0. The van der Waals surface area contributed by atoms with Gasteiger partial charge in [-0.15, -0.1) is 5.11 Å². The smallest absolute Gasteiger partial charge is 0.348 e. The number of nitro groups is 1. The van der Waals surface area contributed by atoms with Crippen LogP contribution in [0.4, 0.5) is 22.7 Å². The van der Waals surface area contributed by atoms with Gasteiger partial charge in [0.1, 0.15) is 6.73 Å². The van der Waals surface area contributed by atoms with Gasteiger partial charge in [0, 0.05) is 37.9 Å². The molecular weight excluding hydrogens is 542 g/mol. The van der Waals surface area contributed by atoms with Gasteiger partial charge >= 0.3 is 15.4 Å². The lowest BCUT2D eigenvalue weighted by molar-refractivity contribution is -0.383. The Hall–Kier alpha value is -3.06. The molecule has 0 radical (unpaired) electrons. The number of nitro benzene ring substituents is 1. The molecule has 16 heteroatoms. The van der Waals surface area contributed by atoms with E-state index < -0.39 is 26.7 Å². The van der Waals surface area contributed by atoms with Gasteiger partial charge in [0.2, 0.25) is 0 Å². The Morgan fingerprint density at radius 3 is 2.26 bits per heavy atom. The van der Waals surface area contributed by atoms with Gasteiger partial charge in [-0.2, -0.15) is 5.11 Å². The van der Waals surface area contributed by atoms with Crippen LogP contribution in [0.3, 0.4) is 0 Å². The van der Waals surface area contributed by atoms with Crippen LogP contribution in [0.15, 0.2) is 70.9 Å². The number of azo groups is 1. The number of nitrogens with zero attached hydrogens (tertiary/aromatic N) is 4. The van der Waals surface area contributed by atoms with E-state index in [1.54, 1.807) is 53.4 Å². The van der Waals surface area contributed by atoms with Gasteiger partial charge in [-0.25, -0.2) is 4.57 Å². The number of phosphoric ester groups is 1. The topological polar surface area (TPSA) is 183 Å². The van der Waals surface area contributed by atoms with Crippen molar-refractivity contribution in [2.75, 3.05) is 45.3 Å². The number of phosphoric acid groups is 1. The second-order valence-corrected chi connectivity index (χ2v) is 11.1. The standard InChI is InChI=1S/C22H26N4O10P2/c1-33-37(29,30)16-35-15-25(13-14-36-38(31,32)34-2)18-9-7-17(8-10-18)23-24-21-11-12-22(26(27)28)20-6-4-3-5-19(20)21/h3-12H,13-16H2,1-2H3,(H,29,30)(H,31,32). The number of benzene rings is 3. The number of non-ortho nitro benzene ring substituents is 1. The van der Waals surface area contributed by atoms with Gasteiger partial charge in [-0.1, -0.05) is 18.2 Å². The van der Waals surface area contributed by atoms with Crippen molar-refractivity contribution in [1.29, 1.82) is 0 Å². The molecule has 38 heavy (non-hydrogen) atoms. The van der Waals surface area contributed by atoms with E-state index in [0.29, 0.717) is 27.8 Å². The second kappa shape index (κ2) is 13.1. The molecule has 3 aromatic rings. The first-order valence-electron chi connectivity index (χ1n) is 11.0. The maximum absolute atomic E-state index is 11.7. The normalized spacial score (nSPS) is 14.8. The minimum Gasteiger partial charge on any atom is -0.348 e. The largest absolute Gasteiger partial charge is 0.471 e. The molecule has 0 amide bonds. The van der Waals surface area contributed by atoms with Crippen molar-refractivity contribution in [2.45, 2.75) is 0 Å². The first kappa shape index (κ1) is 29.5. The molecule has 3 aromatic carbocycles. The molecule has 2 unspecified atom stereocenters. The average Bonchev–Trinajstić information content (AvgIpc) is 2.91. The second-order valence-electron chi connectivity index (χ2n) is 7.65. The predicted molar refractivity (Wildman–Crippen MR) is 139 cm³/mol. The van der Waals surface area contributed by atoms with Crippen LogP contribution in [-0.4, -0.2) is 55.2 Å². The quantitative estimate of drug-likeness (QED) is 0.0823. The molecule has 0 aliphatic rings. The zero-order valence-electron chi connectivity index (χ0n) is 20.4. The summed E-state index contributed by atoms with van der Waals surface area (Å²) in [4.78, 5) is 31.4. The summed E-state index contributed by atoms with van der Waals surface area (Å²) in [5.41, 5.74) is 1.50. The SMILES string of the molecule is COP(=O)(O)COCN(CCOP(=O)(O)OC)c1ccc(N=Nc2ccc([N+](=O)[O-])c3ccccc23)cc1. The lowest BCUT2D eigenvalue weighted by Crippen LogP contribution is -2.30. The predicted octanol–water partition coefficient (Wildman–Crippen LogP) is 5.50. The molecule has 3 rings (SSSR count). The Balaban J connectivity index is 1.76. The third-order valence-corrected chi connectivity index (χ3v) is 7.25. The Labute approximate surface area is 217 Å². The molecule has 204 valence electrons. The zero-order valence-corrected chi connectivity index (χ0v) is 22.2. The highest BCUT2D eigenvalue weighted by molar-refractivity contribution is 7.52. The summed E-state index contributed by atoms with van der Waals surface area (Å²) in [6.45, 7) is -0.289. The summed E-state index contributed by atoms with van der Waals surface area (Å²) in [7, 11) is -5.96. The fourth-order valence-corrected chi connectivity index (χ4v) is 4.10. The molecule has 2 N–H and O–H groups in total. The number of hydrogen-bond donors (Lipinski definition) is 2. The van der Waals surface area contributed by atoms with E-state index in [0.717, 1.165) is 14.2 Å². The minimum absolute atomic E-state index is 0.0266. The Morgan fingerprint density at radius 2 is 1.63 bits per heavy atom. The molecule has 0 aromatic heterocycles. The molecule has 0 heterocycles. The van der Waals surface area contributed by atoms with Crippen LogP contribution in [0.1, 0.15) is 0 Å². The summed E-state index contributed by atoms with van der Waals surface area (Å²) in [6, 6.07) is 16.4. The maximum Gasteiger partial charge on any atom is 0.471 e. The fourth-order valence-electron chi connectivity index (χ4n) is 3.26.